The summed E-state index contributed by atoms with van der Waals surface area (Å²) in [5.74, 6) is 1.03. The van der Waals surface area contributed by atoms with E-state index < -0.39 is 0 Å². The molecule has 3 N–H and O–H groups in total. The normalized spacial score (nSPS) is 19.9. The predicted molar refractivity (Wildman–Crippen MR) is 93.2 cm³/mol. The molecule has 2 unspecified atom stereocenters. The van der Waals surface area contributed by atoms with E-state index in [0.29, 0.717) is 25.9 Å². The molecule has 1 heterocycles. The van der Waals surface area contributed by atoms with Crippen LogP contribution in [0.2, 0.25) is 0 Å². The molecule has 1 aromatic carbocycles. The number of carbonyl (C=O) groups is 1. The lowest BCUT2D eigenvalue weighted by molar-refractivity contribution is -0.121. The van der Waals surface area contributed by atoms with Gasteiger partial charge in [-0.15, -0.1) is 12.4 Å². The van der Waals surface area contributed by atoms with Crippen LogP contribution in [0, 0.1) is 5.92 Å². The molecule has 2 atom stereocenters. The van der Waals surface area contributed by atoms with Crippen LogP contribution in [-0.2, 0) is 11.2 Å². The Morgan fingerprint density at radius 1 is 1.35 bits per heavy atom. The molecule has 0 bridgehead atoms. The number of carbonyl (C=O) groups excluding carboxylic acids is 1. The number of aliphatic hydroxyl groups excluding tert-OH is 1. The molecule has 0 aliphatic carbocycles. The van der Waals surface area contributed by atoms with Gasteiger partial charge in [-0.1, -0.05) is 19.1 Å². The second-order valence-corrected chi connectivity index (χ2v) is 5.78. The average Bonchev–Trinajstić information content (AvgIpc) is 2.95. The van der Waals surface area contributed by atoms with Gasteiger partial charge in [0.2, 0.25) is 5.91 Å². The number of benzene rings is 1. The number of hydrogen-bond acceptors (Lipinski definition) is 4. The van der Waals surface area contributed by atoms with Crippen LogP contribution in [0.4, 0.5) is 0 Å². The van der Waals surface area contributed by atoms with Crippen molar-refractivity contribution in [1.82, 2.24) is 10.6 Å². The van der Waals surface area contributed by atoms with E-state index in [4.69, 9.17) is 4.74 Å². The van der Waals surface area contributed by atoms with Crippen LogP contribution < -0.4 is 15.4 Å². The zero-order valence-electron chi connectivity index (χ0n) is 13.6. The molecule has 5 nitrogen and oxygen atoms in total. The van der Waals surface area contributed by atoms with Crippen LogP contribution in [0.3, 0.4) is 0 Å². The topological polar surface area (TPSA) is 70.6 Å². The Balaban J connectivity index is 0.00000264. The largest absolute Gasteiger partial charge is 0.494 e. The SMILES string of the molecule is CCCOc1ccc(CCC(=O)NCC2CNCC2O)cc1.Cl. The Bertz CT molecular complexity index is 467. The maximum atomic E-state index is 11.9. The van der Waals surface area contributed by atoms with Crippen molar-refractivity contribution in [3.63, 3.8) is 0 Å². The molecule has 0 aromatic heterocycles. The minimum absolute atomic E-state index is 0. The Morgan fingerprint density at radius 2 is 2.09 bits per heavy atom. The number of aryl methyl sites for hydroxylation is 1. The summed E-state index contributed by atoms with van der Waals surface area (Å²) in [6, 6.07) is 7.90. The molecule has 23 heavy (non-hydrogen) atoms. The number of halogens is 1. The molecule has 0 radical (unpaired) electrons. The lowest BCUT2D eigenvalue weighted by atomic mass is 10.1. The molecule has 1 fully saturated rings. The standard InChI is InChI=1S/C17H26N2O3.ClH/c1-2-9-22-15-6-3-13(4-7-15)5-8-17(21)19-11-14-10-18-12-16(14)20;/h3-4,6-7,14,16,18,20H,2,5,8-12H2,1H3,(H,19,21);1H. The summed E-state index contributed by atoms with van der Waals surface area (Å²) < 4.78 is 5.53. The fourth-order valence-electron chi connectivity index (χ4n) is 2.49. The molecular weight excluding hydrogens is 316 g/mol. The number of amides is 1. The molecule has 1 amide bonds. The van der Waals surface area contributed by atoms with Crippen molar-refractivity contribution >= 4 is 18.3 Å². The summed E-state index contributed by atoms with van der Waals surface area (Å²) in [7, 11) is 0. The number of hydrogen-bond donors (Lipinski definition) is 3. The van der Waals surface area contributed by atoms with Crippen molar-refractivity contribution in [2.24, 2.45) is 5.92 Å². The van der Waals surface area contributed by atoms with Crippen LogP contribution in [-0.4, -0.2) is 43.4 Å². The van der Waals surface area contributed by atoms with E-state index in [0.717, 1.165) is 30.9 Å². The fraction of sp³-hybridized carbons (Fsp3) is 0.588. The van der Waals surface area contributed by atoms with Gasteiger partial charge < -0.3 is 20.5 Å². The molecule has 0 spiro atoms. The first-order valence-corrected chi connectivity index (χ1v) is 8.06. The highest BCUT2D eigenvalue weighted by molar-refractivity contribution is 5.85. The van der Waals surface area contributed by atoms with Gasteiger partial charge in [0.1, 0.15) is 5.75 Å². The molecule has 0 saturated carbocycles. The summed E-state index contributed by atoms with van der Waals surface area (Å²) in [4.78, 5) is 11.9. The second kappa shape index (κ2) is 10.5. The molecule has 1 aliphatic heterocycles. The number of β-amino-alcohol motifs (C(OH)–C–C–N with tert-alkyl or cyclic N) is 1. The monoisotopic (exact) mass is 342 g/mol. The van der Waals surface area contributed by atoms with Crippen LogP contribution in [0.1, 0.15) is 25.3 Å². The van der Waals surface area contributed by atoms with Crippen LogP contribution in [0.25, 0.3) is 0 Å². The second-order valence-electron chi connectivity index (χ2n) is 5.78. The van der Waals surface area contributed by atoms with Gasteiger partial charge >= 0.3 is 0 Å². The molecule has 1 saturated heterocycles. The highest BCUT2D eigenvalue weighted by Gasteiger charge is 2.24. The lowest BCUT2D eigenvalue weighted by Crippen LogP contribution is -2.34. The smallest absolute Gasteiger partial charge is 0.220 e. The summed E-state index contributed by atoms with van der Waals surface area (Å²) in [5, 5.41) is 15.7. The van der Waals surface area contributed by atoms with Crippen molar-refractivity contribution in [1.29, 1.82) is 0 Å². The highest BCUT2D eigenvalue weighted by Crippen LogP contribution is 2.13. The van der Waals surface area contributed by atoms with Gasteiger partial charge in [0.05, 0.1) is 12.7 Å². The Kier molecular flexibility index (Phi) is 8.99. The molecular formula is C17H27ClN2O3. The third kappa shape index (κ3) is 6.77. The quantitative estimate of drug-likeness (QED) is 0.670. The van der Waals surface area contributed by atoms with Gasteiger partial charge in [-0.05, 0) is 30.5 Å². The maximum absolute atomic E-state index is 11.9. The van der Waals surface area contributed by atoms with E-state index in [1.165, 1.54) is 0 Å². The third-order valence-corrected chi connectivity index (χ3v) is 3.90. The van der Waals surface area contributed by atoms with Crippen molar-refractivity contribution in [2.75, 3.05) is 26.2 Å². The zero-order valence-corrected chi connectivity index (χ0v) is 14.4. The maximum Gasteiger partial charge on any atom is 0.220 e. The van der Waals surface area contributed by atoms with Crippen molar-refractivity contribution < 1.29 is 14.6 Å². The van der Waals surface area contributed by atoms with Crippen LogP contribution in [0.5, 0.6) is 5.75 Å². The Labute approximate surface area is 144 Å². The van der Waals surface area contributed by atoms with E-state index in [1.54, 1.807) is 0 Å². The van der Waals surface area contributed by atoms with Crippen molar-refractivity contribution in [3.05, 3.63) is 29.8 Å². The van der Waals surface area contributed by atoms with Gasteiger partial charge in [-0.3, -0.25) is 4.79 Å². The van der Waals surface area contributed by atoms with E-state index >= 15 is 0 Å². The highest BCUT2D eigenvalue weighted by atomic mass is 35.5. The third-order valence-electron chi connectivity index (χ3n) is 3.90. The van der Waals surface area contributed by atoms with Gasteiger partial charge in [0.25, 0.3) is 0 Å². The lowest BCUT2D eigenvalue weighted by Gasteiger charge is -2.14. The molecule has 6 heteroatoms. The van der Waals surface area contributed by atoms with Gasteiger partial charge in [-0.2, -0.15) is 0 Å². The predicted octanol–water partition coefficient (Wildman–Crippen LogP) is 1.53. The molecule has 1 aliphatic rings. The van der Waals surface area contributed by atoms with Crippen molar-refractivity contribution in [3.8, 4) is 5.75 Å². The summed E-state index contributed by atoms with van der Waals surface area (Å²) in [6.45, 7) is 4.72. The Hall–Kier alpha value is -1.30. The first-order valence-electron chi connectivity index (χ1n) is 8.06. The minimum Gasteiger partial charge on any atom is -0.494 e. The number of aliphatic hydroxyl groups is 1. The first kappa shape index (κ1) is 19.7. The van der Waals surface area contributed by atoms with E-state index in [1.807, 2.05) is 24.3 Å². The van der Waals surface area contributed by atoms with E-state index in [2.05, 4.69) is 17.6 Å². The van der Waals surface area contributed by atoms with Crippen LogP contribution in [0.15, 0.2) is 24.3 Å². The Morgan fingerprint density at radius 3 is 2.70 bits per heavy atom. The van der Waals surface area contributed by atoms with E-state index in [9.17, 15) is 9.90 Å². The van der Waals surface area contributed by atoms with Crippen LogP contribution >= 0.6 is 12.4 Å². The summed E-state index contributed by atoms with van der Waals surface area (Å²) >= 11 is 0. The minimum atomic E-state index is -0.351. The van der Waals surface area contributed by atoms with Gasteiger partial charge in [-0.25, -0.2) is 0 Å². The number of ether oxygens (including phenoxy) is 1. The van der Waals surface area contributed by atoms with Gasteiger partial charge in [0, 0.05) is 32.0 Å². The first-order chi connectivity index (χ1) is 10.7. The zero-order chi connectivity index (χ0) is 15.8. The van der Waals surface area contributed by atoms with Crippen molar-refractivity contribution in [2.45, 2.75) is 32.3 Å². The molecule has 130 valence electrons. The average molecular weight is 343 g/mol. The fourth-order valence-corrected chi connectivity index (χ4v) is 2.49. The number of rotatable bonds is 8. The molecule has 2 rings (SSSR count). The summed E-state index contributed by atoms with van der Waals surface area (Å²) in [5.41, 5.74) is 1.13. The van der Waals surface area contributed by atoms with E-state index in [-0.39, 0.29) is 30.3 Å². The summed E-state index contributed by atoms with van der Waals surface area (Å²) in [6.07, 6.45) is 1.82. The molecule has 1 aromatic rings. The number of nitrogens with one attached hydrogen (secondary N) is 2. The van der Waals surface area contributed by atoms with Gasteiger partial charge in [0.15, 0.2) is 0 Å².